The maximum atomic E-state index is 15.4. The maximum absolute atomic E-state index is 15.4. The number of hydrogen-bond acceptors (Lipinski definition) is 12. The molecule has 0 N–H and O–H groups in total. The van der Waals surface area contributed by atoms with Gasteiger partial charge in [-0.15, -0.1) is 0 Å². The SMILES string of the molecule is CCCCCCCCCCCCCOC(=O)c1c(C(=O)OCCCCCCCCCCCCC)c(C(=O)OCCCCCCCCCCCCC)c(C(=O)OCCCCCCCCCCCCC)c(C(=O)OCCCCCCCCCCCCC)c1C(=O)OCCCCCCCCCCCCC. The van der Waals surface area contributed by atoms with Crippen molar-refractivity contribution in [2.45, 2.75) is 465 Å². The van der Waals surface area contributed by atoms with Crippen molar-refractivity contribution in [3.8, 4) is 0 Å². The van der Waals surface area contributed by atoms with Crippen molar-refractivity contribution in [1.82, 2.24) is 0 Å². The van der Waals surface area contributed by atoms with E-state index in [-0.39, 0.29) is 39.6 Å². The number of rotatable bonds is 78. The molecular formula is C90H162O12. The third kappa shape index (κ3) is 52.9. The fraction of sp³-hybridized carbons (Fsp3) is 0.867. The topological polar surface area (TPSA) is 158 Å². The van der Waals surface area contributed by atoms with Gasteiger partial charge in [0.1, 0.15) is 0 Å². The van der Waals surface area contributed by atoms with Gasteiger partial charge in [-0.1, -0.05) is 427 Å². The lowest BCUT2D eigenvalue weighted by molar-refractivity contribution is 0.0385. The van der Waals surface area contributed by atoms with E-state index in [2.05, 4.69) is 41.5 Å². The van der Waals surface area contributed by atoms with E-state index in [9.17, 15) is 0 Å². The summed E-state index contributed by atoms with van der Waals surface area (Å²) in [6, 6.07) is 0. The molecule has 0 unspecified atom stereocenters. The number of carbonyl (C=O) groups is 6. The zero-order valence-electron chi connectivity index (χ0n) is 67.8. The smallest absolute Gasteiger partial charge is 0.339 e. The Morgan fingerprint density at radius 1 is 0.137 bits per heavy atom. The Balaban J connectivity index is 4.13. The Kier molecular flexibility index (Phi) is 69.6. The van der Waals surface area contributed by atoms with Gasteiger partial charge in [-0.3, -0.25) is 0 Å². The molecule has 0 heterocycles. The molecule has 0 aliphatic rings. The Labute approximate surface area is 628 Å². The largest absolute Gasteiger partial charge is 0.462 e. The molecule has 1 aromatic rings. The molecule has 102 heavy (non-hydrogen) atoms. The molecule has 12 heteroatoms. The summed E-state index contributed by atoms with van der Waals surface area (Å²) in [5, 5.41) is 0. The maximum Gasteiger partial charge on any atom is 0.339 e. The zero-order chi connectivity index (χ0) is 74.1. The summed E-state index contributed by atoms with van der Waals surface area (Å²) < 4.78 is 36.8. The van der Waals surface area contributed by atoms with Crippen LogP contribution in [0.3, 0.4) is 0 Å². The highest BCUT2D eigenvalue weighted by molar-refractivity contribution is 6.24. The van der Waals surface area contributed by atoms with Gasteiger partial charge in [-0.05, 0) is 38.5 Å². The Hall–Kier alpha value is -3.96. The van der Waals surface area contributed by atoms with Crippen LogP contribution in [0.1, 0.15) is 527 Å². The molecule has 0 fully saturated rings. The summed E-state index contributed by atoms with van der Waals surface area (Å²) in [5.41, 5.74) is -3.94. The molecule has 0 atom stereocenters. The van der Waals surface area contributed by atoms with Gasteiger partial charge < -0.3 is 28.4 Å². The van der Waals surface area contributed by atoms with Crippen LogP contribution in [0.15, 0.2) is 0 Å². The van der Waals surface area contributed by atoms with Crippen molar-refractivity contribution in [3.05, 3.63) is 33.4 Å². The summed E-state index contributed by atoms with van der Waals surface area (Å²) in [6.45, 7) is 13.0. The monoisotopic (exact) mass is 1440 g/mol. The minimum atomic E-state index is -1.11. The summed E-state index contributed by atoms with van der Waals surface area (Å²) in [7, 11) is 0. The highest BCUT2D eigenvalue weighted by Gasteiger charge is 2.44. The average Bonchev–Trinajstić information content (AvgIpc) is 0.732. The van der Waals surface area contributed by atoms with Crippen LogP contribution >= 0.6 is 0 Å². The fourth-order valence-electron chi connectivity index (χ4n) is 14.0. The Morgan fingerprint density at radius 2 is 0.216 bits per heavy atom. The third-order valence-electron chi connectivity index (χ3n) is 20.6. The quantitative estimate of drug-likeness (QED) is 0.0346. The van der Waals surface area contributed by atoms with Crippen LogP contribution in [0.4, 0.5) is 0 Å². The summed E-state index contributed by atoms with van der Waals surface area (Å²) in [4.78, 5) is 92.7. The first-order chi connectivity index (χ1) is 50.2. The van der Waals surface area contributed by atoms with E-state index in [0.717, 1.165) is 154 Å². The first-order valence-electron chi connectivity index (χ1n) is 44.4. The molecule has 0 aliphatic heterocycles. The minimum absolute atomic E-state index is 0.0592. The van der Waals surface area contributed by atoms with Gasteiger partial charge in [0.25, 0.3) is 0 Å². The van der Waals surface area contributed by atoms with E-state index < -0.39 is 69.2 Å². The van der Waals surface area contributed by atoms with Crippen LogP contribution < -0.4 is 0 Å². The van der Waals surface area contributed by atoms with Crippen LogP contribution in [0.2, 0.25) is 0 Å². The van der Waals surface area contributed by atoms with Crippen molar-refractivity contribution in [1.29, 1.82) is 0 Å². The summed E-state index contributed by atoms with van der Waals surface area (Å²) in [6.07, 6.45) is 71.1. The van der Waals surface area contributed by atoms with Gasteiger partial charge in [0.05, 0.1) is 73.0 Å². The first kappa shape index (κ1) is 96.1. The van der Waals surface area contributed by atoms with Gasteiger partial charge in [0, 0.05) is 0 Å². The molecule has 1 rings (SSSR count). The number of unbranched alkanes of at least 4 members (excludes halogenated alkanes) is 60. The van der Waals surface area contributed by atoms with E-state index in [4.69, 9.17) is 28.4 Å². The Bertz CT molecular complexity index is 1740. The van der Waals surface area contributed by atoms with Gasteiger partial charge >= 0.3 is 35.8 Å². The highest BCUT2D eigenvalue weighted by atomic mass is 16.6. The van der Waals surface area contributed by atoms with E-state index in [1.807, 2.05) is 0 Å². The van der Waals surface area contributed by atoms with Gasteiger partial charge in [0.2, 0.25) is 0 Å². The average molecular weight is 1440 g/mol. The second kappa shape index (κ2) is 73.9. The predicted octanol–water partition coefficient (Wildman–Crippen LogP) is 28.5. The summed E-state index contributed by atoms with van der Waals surface area (Å²) in [5.74, 6) is -6.64. The first-order valence-corrected chi connectivity index (χ1v) is 44.4. The van der Waals surface area contributed by atoms with Crippen LogP contribution in [0.5, 0.6) is 0 Å². The number of esters is 6. The second-order valence-corrected chi connectivity index (χ2v) is 30.3. The number of benzene rings is 1. The highest BCUT2D eigenvalue weighted by Crippen LogP contribution is 2.35. The lowest BCUT2D eigenvalue weighted by Crippen LogP contribution is -2.32. The lowest BCUT2D eigenvalue weighted by atomic mass is 9.85. The molecule has 0 saturated heterocycles. The molecule has 0 spiro atoms. The molecule has 0 aromatic heterocycles. The van der Waals surface area contributed by atoms with E-state index in [1.165, 1.54) is 231 Å². The number of ether oxygens (including phenoxy) is 6. The van der Waals surface area contributed by atoms with E-state index >= 15 is 28.8 Å². The standard InChI is InChI=1S/C90H162O12/c1-7-13-19-25-31-37-43-49-55-61-67-73-97-85(91)79-80(86(92)98-74-68-62-56-50-44-38-32-26-20-14-8-2)82(88(94)100-76-70-64-58-52-46-40-34-28-22-16-10-4)84(90(96)102-78-72-66-60-54-48-42-36-30-24-18-12-6)83(89(95)101-77-71-65-59-53-47-41-35-29-23-17-11-5)81(79)87(93)99-75-69-63-57-51-45-39-33-27-21-15-9-3/h7-78H2,1-6H3. The normalized spacial score (nSPS) is 11.4. The van der Waals surface area contributed by atoms with Gasteiger partial charge in [-0.25, -0.2) is 28.8 Å². The molecule has 0 bridgehead atoms. The van der Waals surface area contributed by atoms with Gasteiger partial charge in [0.15, 0.2) is 0 Å². The zero-order valence-corrected chi connectivity index (χ0v) is 67.8. The minimum Gasteiger partial charge on any atom is -0.462 e. The predicted molar refractivity (Wildman–Crippen MR) is 427 cm³/mol. The molecule has 0 aliphatic carbocycles. The molecule has 1 aromatic carbocycles. The van der Waals surface area contributed by atoms with Crippen molar-refractivity contribution in [3.63, 3.8) is 0 Å². The summed E-state index contributed by atoms with van der Waals surface area (Å²) >= 11 is 0. The molecule has 0 saturated carbocycles. The van der Waals surface area contributed by atoms with Crippen molar-refractivity contribution in [2.24, 2.45) is 0 Å². The fourth-order valence-corrected chi connectivity index (χ4v) is 14.0. The van der Waals surface area contributed by atoms with Crippen LogP contribution in [0.25, 0.3) is 0 Å². The molecule has 12 nitrogen and oxygen atoms in total. The molecule has 0 amide bonds. The van der Waals surface area contributed by atoms with Crippen molar-refractivity contribution >= 4 is 35.8 Å². The Morgan fingerprint density at radius 3 is 0.304 bits per heavy atom. The van der Waals surface area contributed by atoms with E-state index in [0.29, 0.717) is 38.5 Å². The molecule has 0 radical (unpaired) electrons. The van der Waals surface area contributed by atoms with Crippen molar-refractivity contribution < 1.29 is 57.2 Å². The van der Waals surface area contributed by atoms with Crippen molar-refractivity contribution in [2.75, 3.05) is 39.6 Å². The van der Waals surface area contributed by atoms with Crippen LogP contribution in [-0.2, 0) is 28.4 Å². The van der Waals surface area contributed by atoms with E-state index in [1.54, 1.807) is 0 Å². The third-order valence-corrected chi connectivity index (χ3v) is 20.6. The lowest BCUT2D eigenvalue weighted by Gasteiger charge is -2.23. The van der Waals surface area contributed by atoms with Crippen LogP contribution in [0, 0.1) is 0 Å². The van der Waals surface area contributed by atoms with Crippen LogP contribution in [-0.4, -0.2) is 75.5 Å². The van der Waals surface area contributed by atoms with Gasteiger partial charge in [-0.2, -0.15) is 0 Å². The molecule has 594 valence electrons. The second-order valence-electron chi connectivity index (χ2n) is 30.3. The number of hydrogen-bond donors (Lipinski definition) is 0. The molecular weight excluding hydrogens is 1270 g/mol. The number of carbonyl (C=O) groups excluding carboxylic acids is 6.